The van der Waals surface area contributed by atoms with E-state index in [2.05, 4.69) is 17.4 Å². The number of furan rings is 1. The van der Waals surface area contributed by atoms with Crippen LogP contribution in [-0.2, 0) is 22.8 Å². The van der Waals surface area contributed by atoms with Crippen molar-refractivity contribution in [3.63, 3.8) is 0 Å². The summed E-state index contributed by atoms with van der Waals surface area (Å²) in [7, 11) is -2.98. The van der Waals surface area contributed by atoms with Gasteiger partial charge in [-0.1, -0.05) is 30.3 Å². The molecule has 0 saturated carbocycles. The molecule has 0 bridgehead atoms. The SMILES string of the molecule is O=S1(=O)CC[C@@H](N(Cc2ccco2)C(=S)NCCc2ccccc2)C1. The molecule has 1 aromatic heterocycles. The predicted molar refractivity (Wildman–Crippen MR) is 102 cm³/mol. The minimum absolute atomic E-state index is 0.105. The molecule has 0 radical (unpaired) electrons. The summed E-state index contributed by atoms with van der Waals surface area (Å²) < 4.78 is 29.1. The van der Waals surface area contributed by atoms with Gasteiger partial charge in [0.05, 0.1) is 24.3 Å². The van der Waals surface area contributed by atoms with Gasteiger partial charge in [-0.2, -0.15) is 0 Å². The molecule has 0 spiro atoms. The third-order valence-electron chi connectivity index (χ3n) is 4.35. The normalized spacial score (nSPS) is 18.8. The van der Waals surface area contributed by atoms with Crippen molar-refractivity contribution in [3.05, 3.63) is 60.1 Å². The van der Waals surface area contributed by atoms with Gasteiger partial charge in [0.2, 0.25) is 0 Å². The van der Waals surface area contributed by atoms with E-state index in [0.29, 0.717) is 24.6 Å². The van der Waals surface area contributed by atoms with E-state index in [1.807, 2.05) is 35.2 Å². The summed E-state index contributed by atoms with van der Waals surface area (Å²) >= 11 is 5.55. The topological polar surface area (TPSA) is 62.6 Å². The van der Waals surface area contributed by atoms with Crippen molar-refractivity contribution in [1.82, 2.24) is 10.2 Å². The van der Waals surface area contributed by atoms with E-state index >= 15 is 0 Å². The summed E-state index contributed by atoms with van der Waals surface area (Å²) in [5.74, 6) is 1.14. The van der Waals surface area contributed by atoms with Gasteiger partial charge in [0, 0.05) is 12.6 Å². The number of hydrogen-bond donors (Lipinski definition) is 1. The fraction of sp³-hybridized carbons (Fsp3) is 0.389. The molecular formula is C18H22N2O3S2. The Bertz CT molecular complexity index is 789. The molecule has 0 unspecified atom stereocenters. The first kappa shape index (κ1) is 17.9. The van der Waals surface area contributed by atoms with Gasteiger partial charge in [0.15, 0.2) is 14.9 Å². The van der Waals surface area contributed by atoms with Gasteiger partial charge in [-0.3, -0.25) is 0 Å². The highest BCUT2D eigenvalue weighted by molar-refractivity contribution is 7.91. The zero-order valence-corrected chi connectivity index (χ0v) is 15.6. The fourth-order valence-electron chi connectivity index (χ4n) is 3.02. The molecule has 1 N–H and O–H groups in total. The lowest BCUT2D eigenvalue weighted by Gasteiger charge is -2.30. The van der Waals surface area contributed by atoms with Crippen molar-refractivity contribution < 1.29 is 12.8 Å². The molecule has 7 heteroatoms. The van der Waals surface area contributed by atoms with Crippen molar-refractivity contribution in [2.45, 2.75) is 25.4 Å². The van der Waals surface area contributed by atoms with E-state index in [4.69, 9.17) is 16.6 Å². The van der Waals surface area contributed by atoms with Gasteiger partial charge in [-0.25, -0.2) is 8.42 Å². The van der Waals surface area contributed by atoms with Crippen molar-refractivity contribution in [1.29, 1.82) is 0 Å². The predicted octanol–water partition coefficient (Wildman–Crippen LogP) is 2.39. The van der Waals surface area contributed by atoms with Crippen LogP contribution in [0.15, 0.2) is 53.1 Å². The largest absolute Gasteiger partial charge is 0.467 e. The number of nitrogens with zero attached hydrogens (tertiary/aromatic N) is 1. The van der Waals surface area contributed by atoms with E-state index < -0.39 is 9.84 Å². The summed E-state index contributed by atoms with van der Waals surface area (Å²) in [6.45, 7) is 1.18. The Kier molecular flexibility index (Phi) is 5.75. The van der Waals surface area contributed by atoms with Gasteiger partial charge >= 0.3 is 0 Å². The highest BCUT2D eigenvalue weighted by Crippen LogP contribution is 2.20. The lowest BCUT2D eigenvalue weighted by Crippen LogP contribution is -2.46. The molecule has 1 aliphatic heterocycles. The monoisotopic (exact) mass is 378 g/mol. The Morgan fingerprint density at radius 3 is 2.68 bits per heavy atom. The third-order valence-corrected chi connectivity index (χ3v) is 6.48. The van der Waals surface area contributed by atoms with Crippen molar-refractivity contribution >= 4 is 27.2 Å². The average molecular weight is 379 g/mol. The molecule has 0 amide bonds. The van der Waals surface area contributed by atoms with Gasteiger partial charge in [0.25, 0.3) is 0 Å². The van der Waals surface area contributed by atoms with Crippen LogP contribution < -0.4 is 5.32 Å². The first-order valence-corrected chi connectivity index (χ1v) is 10.6. The molecule has 1 aliphatic rings. The van der Waals surface area contributed by atoms with Gasteiger partial charge in [-0.05, 0) is 42.8 Å². The lowest BCUT2D eigenvalue weighted by molar-refractivity contribution is 0.295. The Morgan fingerprint density at radius 2 is 2.04 bits per heavy atom. The highest BCUT2D eigenvalue weighted by Gasteiger charge is 2.33. The molecular weight excluding hydrogens is 356 g/mol. The van der Waals surface area contributed by atoms with Crippen LogP contribution in [0.1, 0.15) is 17.7 Å². The first-order chi connectivity index (χ1) is 12.0. The van der Waals surface area contributed by atoms with Crippen LogP contribution in [0, 0.1) is 0 Å². The summed E-state index contributed by atoms with van der Waals surface area (Å²) in [4.78, 5) is 1.95. The second kappa shape index (κ2) is 8.01. The average Bonchev–Trinajstić information content (AvgIpc) is 3.22. The number of sulfone groups is 1. The van der Waals surface area contributed by atoms with Crippen LogP contribution in [0.25, 0.3) is 0 Å². The minimum Gasteiger partial charge on any atom is -0.467 e. The Hall–Kier alpha value is -1.86. The van der Waals surface area contributed by atoms with Crippen LogP contribution in [0.2, 0.25) is 0 Å². The smallest absolute Gasteiger partial charge is 0.169 e. The number of thiocarbonyl (C=S) groups is 1. The van der Waals surface area contributed by atoms with Gasteiger partial charge < -0.3 is 14.6 Å². The van der Waals surface area contributed by atoms with E-state index in [-0.39, 0.29) is 17.5 Å². The van der Waals surface area contributed by atoms with Crippen molar-refractivity contribution in [2.75, 3.05) is 18.1 Å². The highest BCUT2D eigenvalue weighted by atomic mass is 32.2. The first-order valence-electron chi connectivity index (χ1n) is 8.35. The molecule has 1 saturated heterocycles. The maximum Gasteiger partial charge on any atom is 0.169 e. The van der Waals surface area contributed by atoms with Gasteiger partial charge in [0.1, 0.15) is 5.76 Å². The molecule has 1 atom stereocenters. The molecule has 134 valence electrons. The summed E-state index contributed by atoms with van der Waals surface area (Å²) in [5, 5.41) is 3.85. The van der Waals surface area contributed by atoms with Crippen molar-refractivity contribution in [2.24, 2.45) is 0 Å². The van der Waals surface area contributed by atoms with E-state index in [0.717, 1.165) is 12.2 Å². The van der Waals surface area contributed by atoms with E-state index in [1.54, 1.807) is 6.26 Å². The Balaban J connectivity index is 1.62. The van der Waals surface area contributed by atoms with Gasteiger partial charge in [-0.15, -0.1) is 0 Å². The minimum atomic E-state index is -2.98. The quantitative estimate of drug-likeness (QED) is 0.779. The molecule has 5 nitrogen and oxygen atoms in total. The lowest BCUT2D eigenvalue weighted by atomic mass is 10.1. The Morgan fingerprint density at radius 1 is 1.24 bits per heavy atom. The van der Waals surface area contributed by atoms with E-state index in [9.17, 15) is 8.42 Å². The third kappa shape index (κ3) is 5.06. The van der Waals surface area contributed by atoms with Crippen LogP contribution >= 0.6 is 12.2 Å². The molecule has 2 aromatic rings. The molecule has 0 aliphatic carbocycles. The number of rotatable bonds is 6. The number of benzene rings is 1. The molecule has 3 rings (SSSR count). The number of nitrogens with one attached hydrogen (secondary N) is 1. The van der Waals surface area contributed by atoms with Crippen molar-refractivity contribution in [3.8, 4) is 0 Å². The summed E-state index contributed by atoms with van der Waals surface area (Å²) in [6.07, 6.45) is 3.08. The van der Waals surface area contributed by atoms with Crippen LogP contribution in [0.5, 0.6) is 0 Å². The zero-order chi connectivity index (χ0) is 17.7. The second-order valence-corrected chi connectivity index (χ2v) is 8.85. The molecule has 2 heterocycles. The molecule has 1 aromatic carbocycles. The fourth-order valence-corrected chi connectivity index (χ4v) is 5.06. The van der Waals surface area contributed by atoms with Crippen LogP contribution in [0.3, 0.4) is 0 Å². The summed E-state index contributed by atoms with van der Waals surface area (Å²) in [6, 6.07) is 13.8. The van der Waals surface area contributed by atoms with Crippen LogP contribution in [0.4, 0.5) is 0 Å². The standard InChI is InChI=1S/C18H22N2O3S2/c21-25(22)12-9-16(14-25)20(13-17-7-4-11-23-17)18(24)19-10-8-15-5-2-1-3-6-15/h1-7,11,16H,8-10,12-14H2,(H,19,24)/t16-/m1/s1. The zero-order valence-electron chi connectivity index (χ0n) is 13.9. The van der Waals surface area contributed by atoms with E-state index in [1.165, 1.54) is 5.56 Å². The number of hydrogen-bond acceptors (Lipinski definition) is 4. The molecule has 25 heavy (non-hydrogen) atoms. The second-order valence-electron chi connectivity index (χ2n) is 6.23. The maximum atomic E-state index is 11.9. The van der Waals surface area contributed by atoms with Crippen LogP contribution in [-0.4, -0.2) is 42.5 Å². The maximum absolute atomic E-state index is 11.9. The molecule has 1 fully saturated rings. The Labute approximate surface area is 153 Å². The summed E-state index contributed by atoms with van der Waals surface area (Å²) in [5.41, 5.74) is 1.24.